The molecule has 0 radical (unpaired) electrons. The van der Waals surface area contributed by atoms with Crippen LogP contribution in [0.2, 0.25) is 0 Å². The summed E-state index contributed by atoms with van der Waals surface area (Å²) >= 11 is 3.62. The van der Waals surface area contributed by atoms with Gasteiger partial charge < -0.3 is 14.7 Å². The first kappa shape index (κ1) is 25.4. The Labute approximate surface area is 226 Å². The zero-order chi connectivity index (χ0) is 25.9. The third-order valence-electron chi connectivity index (χ3n) is 6.90. The average molecular weight is 556 g/mol. The quantitative estimate of drug-likeness (QED) is 0.219. The summed E-state index contributed by atoms with van der Waals surface area (Å²) in [6.45, 7) is 0.782. The summed E-state index contributed by atoms with van der Waals surface area (Å²) in [5.41, 5.74) is 4.72. The van der Waals surface area contributed by atoms with Crippen LogP contribution in [0.4, 0.5) is 0 Å². The maximum atomic E-state index is 11.7. The van der Waals surface area contributed by atoms with E-state index in [9.17, 15) is 5.11 Å². The second-order valence-electron chi connectivity index (χ2n) is 9.67. The number of benzene rings is 4. The molecule has 0 aliphatic carbocycles. The highest BCUT2D eigenvalue weighted by Gasteiger charge is 2.29. The molecule has 0 spiro atoms. The standard InChI is InChI=1S/C32H31BrN2O2/c1-35(2)18-17-28(36)30(22-10-5-4-6-11-22)26-20-23-19-24(33)14-15-27(23)34-32(26)31-25-12-8-7-9-21(25)13-16-29(31)37-3/h4-16,19-20,28,30,36H,17-18H2,1-3H3/t28-,30+/m1/s1. The zero-order valence-corrected chi connectivity index (χ0v) is 22.9. The largest absolute Gasteiger partial charge is 0.496 e. The molecule has 37 heavy (non-hydrogen) atoms. The summed E-state index contributed by atoms with van der Waals surface area (Å²) in [6, 6.07) is 31.0. The van der Waals surface area contributed by atoms with Gasteiger partial charge in [-0.25, -0.2) is 4.98 Å². The van der Waals surface area contributed by atoms with Crippen molar-refractivity contribution in [1.29, 1.82) is 0 Å². The second-order valence-corrected chi connectivity index (χ2v) is 10.6. The summed E-state index contributed by atoms with van der Waals surface area (Å²) in [6.07, 6.45) is 0.0331. The Balaban J connectivity index is 1.84. The Morgan fingerprint density at radius 3 is 2.41 bits per heavy atom. The van der Waals surface area contributed by atoms with E-state index in [2.05, 4.69) is 63.3 Å². The highest BCUT2D eigenvalue weighted by Crippen LogP contribution is 2.43. The smallest absolute Gasteiger partial charge is 0.128 e. The molecule has 1 N–H and O–H groups in total. The van der Waals surface area contributed by atoms with Crippen molar-refractivity contribution in [1.82, 2.24) is 9.88 Å². The molecule has 0 aliphatic heterocycles. The van der Waals surface area contributed by atoms with Crippen LogP contribution < -0.4 is 4.74 Å². The monoisotopic (exact) mass is 554 g/mol. The fourth-order valence-corrected chi connectivity index (χ4v) is 5.47. The van der Waals surface area contributed by atoms with Crippen LogP contribution in [0.1, 0.15) is 23.5 Å². The van der Waals surface area contributed by atoms with Gasteiger partial charge in [0, 0.05) is 22.3 Å². The van der Waals surface area contributed by atoms with Crippen molar-refractivity contribution in [3.8, 4) is 17.0 Å². The molecule has 0 aliphatic rings. The number of hydrogen-bond acceptors (Lipinski definition) is 4. The lowest BCUT2D eigenvalue weighted by atomic mass is 9.82. The zero-order valence-electron chi connectivity index (χ0n) is 21.4. The van der Waals surface area contributed by atoms with Crippen LogP contribution in [0.15, 0.2) is 95.5 Å². The van der Waals surface area contributed by atoms with Gasteiger partial charge in [0.25, 0.3) is 0 Å². The van der Waals surface area contributed by atoms with E-state index in [-0.39, 0.29) is 5.92 Å². The SMILES string of the molecule is COc1ccc2ccccc2c1-c1nc2ccc(Br)cc2cc1[C@H](c1ccccc1)[C@H](O)CCN(C)C. The molecule has 0 fully saturated rings. The van der Waals surface area contributed by atoms with E-state index in [0.29, 0.717) is 6.42 Å². The molecule has 5 rings (SSSR count). The molecule has 0 amide bonds. The van der Waals surface area contributed by atoms with Crippen molar-refractivity contribution in [2.24, 2.45) is 0 Å². The Morgan fingerprint density at radius 2 is 1.65 bits per heavy atom. The summed E-state index contributed by atoms with van der Waals surface area (Å²) in [5.74, 6) is 0.495. The van der Waals surface area contributed by atoms with E-state index in [4.69, 9.17) is 9.72 Å². The highest BCUT2D eigenvalue weighted by atomic mass is 79.9. The number of rotatable bonds is 8. The van der Waals surface area contributed by atoms with Gasteiger partial charge in [0.1, 0.15) is 5.75 Å². The van der Waals surface area contributed by atoms with Crippen LogP contribution in [0.3, 0.4) is 0 Å². The second kappa shape index (κ2) is 11.0. The molecule has 4 nitrogen and oxygen atoms in total. The Morgan fingerprint density at radius 1 is 0.892 bits per heavy atom. The van der Waals surface area contributed by atoms with Gasteiger partial charge in [-0.3, -0.25) is 0 Å². The van der Waals surface area contributed by atoms with Crippen molar-refractivity contribution in [2.75, 3.05) is 27.7 Å². The molecule has 0 bridgehead atoms. The first-order valence-electron chi connectivity index (χ1n) is 12.5. The minimum absolute atomic E-state index is 0.268. The van der Waals surface area contributed by atoms with Crippen molar-refractivity contribution in [3.63, 3.8) is 0 Å². The first-order chi connectivity index (χ1) is 18.0. The maximum absolute atomic E-state index is 11.7. The first-order valence-corrected chi connectivity index (χ1v) is 13.3. The maximum Gasteiger partial charge on any atom is 0.128 e. The van der Waals surface area contributed by atoms with Crippen molar-refractivity contribution < 1.29 is 9.84 Å². The van der Waals surface area contributed by atoms with Crippen molar-refractivity contribution in [3.05, 3.63) is 107 Å². The summed E-state index contributed by atoms with van der Waals surface area (Å²) in [7, 11) is 5.77. The van der Waals surface area contributed by atoms with Gasteiger partial charge in [-0.05, 0) is 72.7 Å². The minimum atomic E-state index is -0.601. The minimum Gasteiger partial charge on any atom is -0.496 e. The predicted octanol–water partition coefficient (Wildman–Crippen LogP) is 7.27. The van der Waals surface area contributed by atoms with Gasteiger partial charge >= 0.3 is 0 Å². The number of aliphatic hydroxyl groups is 1. The van der Waals surface area contributed by atoms with Gasteiger partial charge in [0.05, 0.1) is 30.0 Å². The summed E-state index contributed by atoms with van der Waals surface area (Å²) in [4.78, 5) is 7.35. The third-order valence-corrected chi connectivity index (χ3v) is 7.40. The number of pyridine rings is 1. The van der Waals surface area contributed by atoms with E-state index < -0.39 is 6.10 Å². The van der Waals surface area contributed by atoms with Gasteiger partial charge in [-0.15, -0.1) is 0 Å². The van der Waals surface area contributed by atoms with Crippen molar-refractivity contribution in [2.45, 2.75) is 18.4 Å². The Kier molecular flexibility index (Phi) is 7.56. The van der Waals surface area contributed by atoms with E-state index in [1.165, 1.54) is 0 Å². The number of ether oxygens (including phenoxy) is 1. The van der Waals surface area contributed by atoms with Crippen LogP contribution in [-0.4, -0.2) is 48.8 Å². The van der Waals surface area contributed by atoms with Crippen LogP contribution >= 0.6 is 15.9 Å². The number of hydrogen-bond donors (Lipinski definition) is 1. The van der Waals surface area contributed by atoms with Gasteiger partial charge in [-0.1, -0.05) is 76.6 Å². The number of halogens is 1. The van der Waals surface area contributed by atoms with Crippen LogP contribution in [0.5, 0.6) is 5.75 Å². The molecule has 0 saturated heterocycles. The van der Waals surface area contributed by atoms with Gasteiger partial charge in [-0.2, -0.15) is 0 Å². The topological polar surface area (TPSA) is 45.6 Å². The summed E-state index contributed by atoms with van der Waals surface area (Å²) < 4.78 is 6.90. The summed E-state index contributed by atoms with van der Waals surface area (Å²) in [5, 5.41) is 14.9. The van der Waals surface area contributed by atoms with Crippen LogP contribution in [0, 0.1) is 0 Å². The normalized spacial score (nSPS) is 13.2. The number of fused-ring (bicyclic) bond motifs is 2. The fraction of sp³-hybridized carbons (Fsp3) is 0.219. The van der Waals surface area contributed by atoms with Crippen LogP contribution in [-0.2, 0) is 0 Å². The molecule has 5 aromatic rings. The lowest BCUT2D eigenvalue weighted by molar-refractivity contribution is 0.135. The molecule has 0 saturated carbocycles. The molecule has 1 aromatic heterocycles. The molecule has 5 heteroatoms. The number of methoxy groups -OCH3 is 1. The number of aliphatic hydroxyl groups excluding tert-OH is 1. The number of aromatic nitrogens is 1. The Bertz CT molecular complexity index is 1530. The van der Waals surface area contributed by atoms with E-state index >= 15 is 0 Å². The van der Waals surface area contributed by atoms with Crippen molar-refractivity contribution >= 4 is 37.6 Å². The van der Waals surface area contributed by atoms with E-state index in [1.807, 2.05) is 62.6 Å². The average Bonchev–Trinajstić information content (AvgIpc) is 2.91. The van der Waals surface area contributed by atoms with E-state index in [1.54, 1.807) is 7.11 Å². The van der Waals surface area contributed by atoms with E-state index in [0.717, 1.165) is 60.8 Å². The predicted molar refractivity (Wildman–Crippen MR) is 156 cm³/mol. The molecule has 1 heterocycles. The highest BCUT2D eigenvalue weighted by molar-refractivity contribution is 9.10. The molecule has 0 unspecified atom stereocenters. The lowest BCUT2D eigenvalue weighted by Gasteiger charge is -2.28. The molecule has 4 aromatic carbocycles. The fourth-order valence-electron chi connectivity index (χ4n) is 5.09. The Hall–Kier alpha value is -3.25. The molecule has 188 valence electrons. The third kappa shape index (κ3) is 5.26. The van der Waals surface area contributed by atoms with Crippen LogP contribution in [0.25, 0.3) is 32.9 Å². The molecular weight excluding hydrogens is 524 g/mol. The number of nitrogens with zero attached hydrogens (tertiary/aromatic N) is 2. The molecule has 2 atom stereocenters. The lowest BCUT2D eigenvalue weighted by Crippen LogP contribution is -2.26. The van der Waals surface area contributed by atoms with Gasteiger partial charge in [0.2, 0.25) is 0 Å². The van der Waals surface area contributed by atoms with Gasteiger partial charge in [0.15, 0.2) is 0 Å². The molecular formula is C32H31BrN2O2.